The molecule has 2 aliphatic carbocycles. The van der Waals surface area contributed by atoms with Crippen molar-refractivity contribution in [2.24, 2.45) is 23.7 Å². The van der Waals surface area contributed by atoms with Crippen molar-refractivity contribution >= 4 is 0 Å². The number of aromatic nitrogens is 1. The zero-order valence-corrected chi connectivity index (χ0v) is 14.6. The SMILES string of the molecule is CCC1CCC(C2CCC(CCc3ccc(F)nc3)CC2)CC1. The van der Waals surface area contributed by atoms with Crippen molar-refractivity contribution in [1.82, 2.24) is 4.98 Å². The van der Waals surface area contributed by atoms with Gasteiger partial charge in [0.2, 0.25) is 5.95 Å². The highest BCUT2D eigenvalue weighted by atomic mass is 19.1. The van der Waals surface area contributed by atoms with Crippen LogP contribution in [0, 0.1) is 29.6 Å². The third kappa shape index (κ3) is 4.78. The first-order valence-electron chi connectivity index (χ1n) is 9.85. The van der Waals surface area contributed by atoms with Crippen molar-refractivity contribution < 1.29 is 4.39 Å². The maximum Gasteiger partial charge on any atom is 0.212 e. The van der Waals surface area contributed by atoms with Gasteiger partial charge < -0.3 is 0 Å². The Bertz CT molecular complexity index is 453. The fourth-order valence-corrected chi connectivity index (χ4v) is 4.94. The van der Waals surface area contributed by atoms with E-state index < -0.39 is 0 Å². The lowest BCUT2D eigenvalue weighted by atomic mass is 9.68. The zero-order chi connectivity index (χ0) is 16.1. The number of rotatable bonds is 5. The standard InChI is InChI=1S/C21H32FN/c1-2-16-5-10-19(11-6-16)20-12-7-17(8-13-20)3-4-18-9-14-21(22)23-15-18/h9,14-17,19-20H,2-8,10-13H2,1H3. The molecule has 0 saturated heterocycles. The normalized spacial score (nSPS) is 31.9. The molecule has 128 valence electrons. The number of halogens is 1. The molecule has 1 heterocycles. The smallest absolute Gasteiger partial charge is 0.212 e. The van der Waals surface area contributed by atoms with Gasteiger partial charge in [-0.2, -0.15) is 4.39 Å². The van der Waals surface area contributed by atoms with Crippen LogP contribution in [0.25, 0.3) is 0 Å². The van der Waals surface area contributed by atoms with Gasteiger partial charge in [-0.05, 0) is 73.8 Å². The summed E-state index contributed by atoms with van der Waals surface area (Å²) < 4.78 is 12.8. The number of pyridine rings is 1. The molecule has 0 radical (unpaired) electrons. The minimum absolute atomic E-state index is 0.368. The van der Waals surface area contributed by atoms with Gasteiger partial charge in [-0.25, -0.2) is 4.98 Å². The molecule has 0 aliphatic heterocycles. The first kappa shape index (κ1) is 16.9. The van der Waals surface area contributed by atoms with Crippen molar-refractivity contribution in [3.05, 3.63) is 29.8 Å². The van der Waals surface area contributed by atoms with E-state index in [1.54, 1.807) is 6.20 Å². The molecule has 3 rings (SSSR count). The van der Waals surface area contributed by atoms with E-state index >= 15 is 0 Å². The molecule has 0 aromatic carbocycles. The minimum atomic E-state index is -0.368. The summed E-state index contributed by atoms with van der Waals surface area (Å²) in [6, 6.07) is 3.37. The molecule has 23 heavy (non-hydrogen) atoms. The van der Waals surface area contributed by atoms with Gasteiger partial charge in [0.05, 0.1) is 0 Å². The molecular weight excluding hydrogens is 285 g/mol. The number of aryl methyl sites for hydroxylation is 1. The number of nitrogens with zero attached hydrogens (tertiary/aromatic N) is 1. The van der Waals surface area contributed by atoms with Crippen LogP contribution in [-0.2, 0) is 6.42 Å². The molecule has 2 heteroatoms. The summed E-state index contributed by atoms with van der Waals surface area (Å²) >= 11 is 0. The van der Waals surface area contributed by atoms with Crippen LogP contribution in [0.3, 0.4) is 0 Å². The van der Waals surface area contributed by atoms with E-state index in [0.29, 0.717) is 0 Å². The van der Waals surface area contributed by atoms with Crippen molar-refractivity contribution in [3.63, 3.8) is 0 Å². The predicted molar refractivity (Wildman–Crippen MR) is 93.7 cm³/mol. The molecule has 0 amide bonds. The Kier molecular flexibility index (Phi) is 6.08. The van der Waals surface area contributed by atoms with Gasteiger partial charge in [0.25, 0.3) is 0 Å². The number of hydrogen-bond acceptors (Lipinski definition) is 1. The maximum atomic E-state index is 12.8. The van der Waals surface area contributed by atoms with Crippen LogP contribution in [-0.4, -0.2) is 4.98 Å². The molecule has 0 spiro atoms. The third-order valence-electron chi connectivity index (χ3n) is 6.66. The summed E-state index contributed by atoms with van der Waals surface area (Å²) in [7, 11) is 0. The van der Waals surface area contributed by atoms with Crippen LogP contribution >= 0.6 is 0 Å². The van der Waals surface area contributed by atoms with Gasteiger partial charge in [-0.1, -0.05) is 45.1 Å². The molecule has 1 aromatic rings. The highest BCUT2D eigenvalue weighted by Crippen LogP contribution is 2.42. The average Bonchev–Trinajstić information content (AvgIpc) is 2.62. The number of hydrogen-bond donors (Lipinski definition) is 0. The lowest BCUT2D eigenvalue weighted by molar-refractivity contribution is 0.142. The van der Waals surface area contributed by atoms with E-state index in [-0.39, 0.29) is 5.95 Å². The van der Waals surface area contributed by atoms with E-state index in [0.717, 1.165) is 30.1 Å². The van der Waals surface area contributed by atoms with Crippen LogP contribution in [0.15, 0.2) is 18.3 Å². The van der Waals surface area contributed by atoms with Crippen molar-refractivity contribution in [3.8, 4) is 0 Å². The summed E-state index contributed by atoms with van der Waals surface area (Å²) in [5.41, 5.74) is 1.19. The lowest BCUT2D eigenvalue weighted by Crippen LogP contribution is -2.25. The second kappa shape index (κ2) is 8.26. The van der Waals surface area contributed by atoms with E-state index in [2.05, 4.69) is 11.9 Å². The molecule has 1 nitrogen and oxygen atoms in total. The highest BCUT2D eigenvalue weighted by Gasteiger charge is 2.30. The summed E-state index contributed by atoms with van der Waals surface area (Å²) in [6.07, 6.45) is 17.1. The molecule has 0 N–H and O–H groups in total. The van der Waals surface area contributed by atoms with Crippen molar-refractivity contribution in [2.75, 3.05) is 0 Å². The quantitative estimate of drug-likeness (QED) is 0.591. The Morgan fingerprint density at radius 1 is 0.913 bits per heavy atom. The molecule has 2 aliphatic rings. The fraction of sp³-hybridized carbons (Fsp3) is 0.762. The fourth-order valence-electron chi connectivity index (χ4n) is 4.94. The molecule has 0 bridgehead atoms. The second-order valence-electron chi connectivity index (χ2n) is 8.00. The first-order valence-corrected chi connectivity index (χ1v) is 9.85. The zero-order valence-electron chi connectivity index (χ0n) is 14.6. The minimum Gasteiger partial charge on any atom is -0.228 e. The summed E-state index contributed by atoms with van der Waals surface area (Å²) in [4.78, 5) is 3.76. The van der Waals surface area contributed by atoms with Crippen molar-refractivity contribution in [2.45, 2.75) is 77.6 Å². The third-order valence-corrected chi connectivity index (χ3v) is 6.66. The predicted octanol–water partition coefficient (Wildman–Crippen LogP) is 6.18. The summed E-state index contributed by atoms with van der Waals surface area (Å²) in [6.45, 7) is 2.35. The van der Waals surface area contributed by atoms with Gasteiger partial charge >= 0.3 is 0 Å². The first-order chi connectivity index (χ1) is 11.2. The van der Waals surface area contributed by atoms with E-state index in [4.69, 9.17) is 0 Å². The van der Waals surface area contributed by atoms with Crippen molar-refractivity contribution in [1.29, 1.82) is 0 Å². The van der Waals surface area contributed by atoms with Gasteiger partial charge in [0.15, 0.2) is 0 Å². The topological polar surface area (TPSA) is 12.9 Å². The lowest BCUT2D eigenvalue weighted by Gasteiger charge is -2.37. The average molecular weight is 317 g/mol. The Morgan fingerprint density at radius 3 is 2.04 bits per heavy atom. The molecular formula is C21H32FN. The van der Waals surface area contributed by atoms with Gasteiger partial charge in [-0.15, -0.1) is 0 Å². The molecule has 0 atom stereocenters. The summed E-state index contributed by atoms with van der Waals surface area (Å²) in [5.74, 6) is 3.57. The van der Waals surface area contributed by atoms with E-state index in [1.807, 2.05) is 6.07 Å². The Balaban J connectivity index is 1.38. The van der Waals surface area contributed by atoms with Crippen LogP contribution in [0.4, 0.5) is 4.39 Å². The second-order valence-corrected chi connectivity index (χ2v) is 8.00. The Labute approximate surface area is 141 Å². The molecule has 2 fully saturated rings. The Hall–Kier alpha value is -0.920. The van der Waals surface area contributed by atoms with Crippen LogP contribution < -0.4 is 0 Å². The van der Waals surface area contributed by atoms with Gasteiger partial charge in [0, 0.05) is 6.20 Å². The van der Waals surface area contributed by atoms with Gasteiger partial charge in [0.1, 0.15) is 0 Å². The van der Waals surface area contributed by atoms with Crippen LogP contribution in [0.2, 0.25) is 0 Å². The largest absolute Gasteiger partial charge is 0.228 e. The molecule has 0 unspecified atom stereocenters. The van der Waals surface area contributed by atoms with Crippen LogP contribution in [0.1, 0.15) is 76.7 Å². The maximum absolute atomic E-state index is 12.8. The van der Waals surface area contributed by atoms with Gasteiger partial charge in [-0.3, -0.25) is 0 Å². The Morgan fingerprint density at radius 2 is 1.52 bits per heavy atom. The summed E-state index contributed by atoms with van der Waals surface area (Å²) in [5, 5.41) is 0. The monoisotopic (exact) mass is 317 g/mol. The van der Waals surface area contributed by atoms with E-state index in [1.165, 1.54) is 75.8 Å². The molecule has 2 saturated carbocycles. The highest BCUT2D eigenvalue weighted by molar-refractivity contribution is 5.09. The van der Waals surface area contributed by atoms with Crippen LogP contribution in [0.5, 0.6) is 0 Å². The molecule has 1 aromatic heterocycles. The van der Waals surface area contributed by atoms with E-state index in [9.17, 15) is 4.39 Å².